The van der Waals surface area contributed by atoms with Crippen molar-refractivity contribution in [3.63, 3.8) is 0 Å². The predicted octanol–water partition coefficient (Wildman–Crippen LogP) is 0.716. The number of phenols is 1. The summed E-state index contributed by atoms with van der Waals surface area (Å²) in [5.74, 6) is -0.638. The average molecular weight is 242 g/mol. The fraction of sp³-hybridized carbons (Fsp3) is 0.500. The second kappa shape index (κ2) is 6.54. The lowest BCUT2D eigenvalue weighted by Crippen LogP contribution is -2.31. The number of halogens is 1. The van der Waals surface area contributed by atoms with Crippen LogP contribution in [0.25, 0.3) is 0 Å². The number of hydrogen-bond acceptors (Lipinski definition) is 4. The van der Waals surface area contributed by atoms with Crippen LogP contribution in [0.4, 0.5) is 4.39 Å². The Morgan fingerprint density at radius 1 is 1.35 bits per heavy atom. The maximum absolute atomic E-state index is 13.1. The topological polar surface area (TPSA) is 55.7 Å². The molecule has 96 valence electrons. The quantitative estimate of drug-likeness (QED) is 0.688. The second-order valence-corrected chi connectivity index (χ2v) is 4.24. The van der Waals surface area contributed by atoms with E-state index in [0.29, 0.717) is 12.1 Å². The summed E-state index contributed by atoms with van der Waals surface area (Å²) in [6.45, 7) is 1.35. The number of rotatable bonds is 6. The monoisotopic (exact) mass is 242 g/mol. The Morgan fingerprint density at radius 3 is 2.59 bits per heavy atom. The van der Waals surface area contributed by atoms with Crippen molar-refractivity contribution in [2.24, 2.45) is 0 Å². The fourth-order valence-corrected chi connectivity index (χ4v) is 1.55. The van der Waals surface area contributed by atoms with Gasteiger partial charge in [-0.15, -0.1) is 0 Å². The van der Waals surface area contributed by atoms with E-state index in [0.717, 1.165) is 12.6 Å². The summed E-state index contributed by atoms with van der Waals surface area (Å²) in [6.07, 6.45) is 0. The Balaban J connectivity index is 2.65. The van der Waals surface area contributed by atoms with Crippen molar-refractivity contribution in [2.45, 2.75) is 6.04 Å². The molecule has 0 heterocycles. The lowest BCUT2D eigenvalue weighted by molar-refractivity contribution is 0.240. The van der Waals surface area contributed by atoms with Gasteiger partial charge in [0.1, 0.15) is 11.6 Å². The van der Waals surface area contributed by atoms with Crippen LogP contribution in [-0.2, 0) is 0 Å². The molecule has 3 N–H and O–H groups in total. The first-order valence-electron chi connectivity index (χ1n) is 5.51. The molecule has 0 radical (unpaired) electrons. The molecule has 1 aromatic rings. The third kappa shape index (κ3) is 4.68. The number of nitrogens with one attached hydrogen (secondary N) is 1. The highest BCUT2D eigenvalue weighted by Gasteiger charge is 2.11. The van der Waals surface area contributed by atoms with Gasteiger partial charge in [-0.05, 0) is 31.8 Å². The van der Waals surface area contributed by atoms with Gasteiger partial charge in [0.2, 0.25) is 0 Å². The summed E-state index contributed by atoms with van der Waals surface area (Å²) in [6, 6.07) is 3.43. The van der Waals surface area contributed by atoms with Gasteiger partial charge >= 0.3 is 0 Å². The van der Waals surface area contributed by atoms with Gasteiger partial charge in [0.25, 0.3) is 0 Å². The molecule has 5 heteroatoms. The van der Waals surface area contributed by atoms with Crippen LogP contribution in [0.2, 0.25) is 0 Å². The smallest absolute Gasteiger partial charge is 0.127 e. The van der Waals surface area contributed by atoms with E-state index in [1.165, 1.54) is 12.1 Å². The van der Waals surface area contributed by atoms with Crippen LogP contribution in [0.15, 0.2) is 18.2 Å². The number of benzene rings is 1. The third-order valence-electron chi connectivity index (χ3n) is 2.44. The summed E-state index contributed by atoms with van der Waals surface area (Å²) in [7, 11) is 3.90. The number of phenolic OH excluding ortho intramolecular Hbond substituents is 1. The molecule has 17 heavy (non-hydrogen) atoms. The van der Waals surface area contributed by atoms with E-state index < -0.39 is 5.82 Å². The predicted molar refractivity (Wildman–Crippen MR) is 64.4 cm³/mol. The molecule has 0 aliphatic carbocycles. The average Bonchev–Trinajstić information content (AvgIpc) is 2.22. The number of nitrogens with zero attached hydrogens (tertiary/aromatic N) is 1. The number of aliphatic hydroxyl groups is 1. The molecule has 1 aromatic carbocycles. The van der Waals surface area contributed by atoms with Gasteiger partial charge in [0.15, 0.2) is 0 Å². The van der Waals surface area contributed by atoms with Crippen molar-refractivity contribution in [3.8, 4) is 5.75 Å². The minimum Gasteiger partial charge on any atom is -0.508 e. The first-order chi connectivity index (χ1) is 8.02. The number of likely N-dealkylation sites (N-methyl/N-ethyl adjacent to an activating group) is 1. The minimum absolute atomic E-state index is 0.132. The molecule has 0 spiro atoms. The van der Waals surface area contributed by atoms with Gasteiger partial charge in [-0.3, -0.25) is 0 Å². The molecule has 0 aliphatic heterocycles. The van der Waals surface area contributed by atoms with E-state index in [4.69, 9.17) is 0 Å². The van der Waals surface area contributed by atoms with Gasteiger partial charge in [0.05, 0.1) is 12.6 Å². The molecule has 0 bridgehead atoms. The van der Waals surface area contributed by atoms with E-state index >= 15 is 0 Å². The van der Waals surface area contributed by atoms with Crippen molar-refractivity contribution in [2.75, 3.05) is 33.8 Å². The zero-order valence-electron chi connectivity index (χ0n) is 10.2. The lowest BCUT2D eigenvalue weighted by atomic mass is 10.1. The molecule has 1 atom stereocenters. The third-order valence-corrected chi connectivity index (χ3v) is 2.44. The molecule has 0 aliphatic rings. The van der Waals surface area contributed by atoms with E-state index in [-0.39, 0.29) is 18.4 Å². The Morgan fingerprint density at radius 2 is 2.06 bits per heavy atom. The van der Waals surface area contributed by atoms with Crippen LogP contribution in [0.1, 0.15) is 11.6 Å². The number of aliphatic hydroxyl groups excluding tert-OH is 1. The molecule has 0 fully saturated rings. The van der Waals surface area contributed by atoms with Crippen LogP contribution < -0.4 is 5.32 Å². The molecule has 0 saturated carbocycles. The molecule has 1 rings (SSSR count). The summed E-state index contributed by atoms with van der Waals surface area (Å²) < 4.78 is 13.1. The summed E-state index contributed by atoms with van der Waals surface area (Å²) in [5.41, 5.74) is 0.545. The van der Waals surface area contributed by atoms with E-state index in [1.807, 2.05) is 19.0 Å². The zero-order chi connectivity index (χ0) is 12.8. The van der Waals surface area contributed by atoms with Gasteiger partial charge in [-0.25, -0.2) is 4.39 Å². The van der Waals surface area contributed by atoms with Crippen molar-refractivity contribution in [3.05, 3.63) is 29.6 Å². The van der Waals surface area contributed by atoms with Gasteiger partial charge in [0, 0.05) is 19.2 Å². The maximum Gasteiger partial charge on any atom is 0.127 e. The van der Waals surface area contributed by atoms with Crippen LogP contribution in [0.3, 0.4) is 0 Å². The molecule has 0 saturated heterocycles. The Labute approximate surface area is 101 Å². The number of hydrogen-bond donors (Lipinski definition) is 3. The van der Waals surface area contributed by atoms with Crippen molar-refractivity contribution >= 4 is 0 Å². The molecule has 0 amide bonds. The van der Waals surface area contributed by atoms with Crippen molar-refractivity contribution < 1.29 is 14.6 Å². The van der Waals surface area contributed by atoms with Crippen LogP contribution in [0.5, 0.6) is 5.75 Å². The van der Waals surface area contributed by atoms with Gasteiger partial charge in [-0.2, -0.15) is 0 Å². The van der Waals surface area contributed by atoms with Crippen LogP contribution >= 0.6 is 0 Å². The normalized spacial score (nSPS) is 13.0. The number of aromatic hydroxyl groups is 1. The van der Waals surface area contributed by atoms with E-state index in [2.05, 4.69) is 5.32 Å². The SMILES string of the molecule is CN(C)CCNC(CO)c1cc(O)cc(F)c1. The molecule has 0 aromatic heterocycles. The highest BCUT2D eigenvalue weighted by molar-refractivity contribution is 5.30. The largest absolute Gasteiger partial charge is 0.508 e. The van der Waals surface area contributed by atoms with Crippen molar-refractivity contribution in [1.82, 2.24) is 10.2 Å². The van der Waals surface area contributed by atoms with Crippen LogP contribution in [0, 0.1) is 5.82 Å². The zero-order valence-corrected chi connectivity index (χ0v) is 10.2. The summed E-state index contributed by atoms with van der Waals surface area (Å²) in [4.78, 5) is 2.00. The second-order valence-electron chi connectivity index (χ2n) is 4.24. The van der Waals surface area contributed by atoms with E-state index in [1.54, 1.807) is 0 Å². The standard InChI is InChI=1S/C12H19FN2O2/c1-15(2)4-3-14-12(8-16)9-5-10(13)7-11(17)6-9/h5-7,12,14,16-17H,3-4,8H2,1-2H3. The molecule has 1 unspecified atom stereocenters. The molecule has 4 nitrogen and oxygen atoms in total. The minimum atomic E-state index is -0.507. The molecular formula is C12H19FN2O2. The summed E-state index contributed by atoms with van der Waals surface area (Å²) >= 11 is 0. The lowest BCUT2D eigenvalue weighted by Gasteiger charge is -2.18. The Hall–Kier alpha value is -1.17. The van der Waals surface area contributed by atoms with Gasteiger partial charge < -0.3 is 20.4 Å². The first-order valence-corrected chi connectivity index (χ1v) is 5.51. The highest BCUT2D eigenvalue weighted by atomic mass is 19.1. The molecular weight excluding hydrogens is 223 g/mol. The summed E-state index contributed by atoms with van der Waals surface area (Å²) in [5, 5.41) is 21.6. The fourth-order valence-electron chi connectivity index (χ4n) is 1.55. The van der Waals surface area contributed by atoms with Crippen molar-refractivity contribution in [1.29, 1.82) is 0 Å². The Kier molecular flexibility index (Phi) is 5.34. The van der Waals surface area contributed by atoms with Gasteiger partial charge in [-0.1, -0.05) is 0 Å². The highest BCUT2D eigenvalue weighted by Crippen LogP contribution is 2.20. The Bertz CT molecular complexity index is 338. The van der Waals surface area contributed by atoms with E-state index in [9.17, 15) is 14.6 Å². The maximum atomic E-state index is 13.1. The van der Waals surface area contributed by atoms with Crippen LogP contribution in [-0.4, -0.2) is 48.9 Å². The first kappa shape index (κ1) is 13.9.